The highest BCUT2D eigenvalue weighted by Gasteiger charge is 2.34. The number of hydrogen-bond donors (Lipinski definition) is 1. The molecular formula is C23H24FN3O3S. The molecule has 0 aliphatic rings. The van der Waals surface area contributed by atoms with E-state index in [1.807, 2.05) is 13.0 Å². The summed E-state index contributed by atoms with van der Waals surface area (Å²) < 4.78 is 18.7. The lowest BCUT2D eigenvalue weighted by Crippen LogP contribution is -2.44. The maximum Gasteiger partial charge on any atom is 0.271 e. The Morgan fingerprint density at radius 2 is 1.81 bits per heavy atom. The van der Waals surface area contributed by atoms with Crippen molar-refractivity contribution in [1.29, 1.82) is 0 Å². The van der Waals surface area contributed by atoms with Gasteiger partial charge in [-0.1, -0.05) is 30.3 Å². The van der Waals surface area contributed by atoms with Crippen LogP contribution in [0.1, 0.15) is 32.0 Å². The number of ether oxygens (including phenoxy) is 1. The minimum Gasteiger partial charge on any atom is -0.383 e. The van der Waals surface area contributed by atoms with Gasteiger partial charge in [0.1, 0.15) is 16.7 Å². The summed E-state index contributed by atoms with van der Waals surface area (Å²) in [5, 5.41) is 3.58. The zero-order valence-corrected chi connectivity index (χ0v) is 18.4. The normalized spacial score (nSPS) is 11.7. The second-order valence-electron chi connectivity index (χ2n) is 6.90. The van der Waals surface area contributed by atoms with Crippen molar-refractivity contribution < 1.29 is 18.7 Å². The Balaban J connectivity index is 2.12. The van der Waals surface area contributed by atoms with Crippen LogP contribution < -0.4 is 10.2 Å². The topological polar surface area (TPSA) is 71.5 Å². The Bertz CT molecular complexity index is 1040. The molecule has 0 unspecified atom stereocenters. The van der Waals surface area contributed by atoms with Gasteiger partial charge in [-0.15, -0.1) is 11.3 Å². The van der Waals surface area contributed by atoms with E-state index in [0.29, 0.717) is 35.0 Å². The second-order valence-corrected chi connectivity index (χ2v) is 8.10. The van der Waals surface area contributed by atoms with E-state index in [9.17, 15) is 14.0 Å². The predicted octanol–water partition coefficient (Wildman–Crippen LogP) is 4.05. The third kappa shape index (κ3) is 5.34. The van der Waals surface area contributed by atoms with E-state index < -0.39 is 11.9 Å². The molecule has 31 heavy (non-hydrogen) atoms. The van der Waals surface area contributed by atoms with Crippen molar-refractivity contribution in [3.8, 4) is 0 Å². The second kappa shape index (κ2) is 10.3. The summed E-state index contributed by atoms with van der Waals surface area (Å²) in [6, 6.07) is 13.6. The van der Waals surface area contributed by atoms with E-state index in [-0.39, 0.29) is 11.8 Å². The third-order valence-electron chi connectivity index (χ3n) is 4.65. The Hall–Kier alpha value is -3.10. The van der Waals surface area contributed by atoms with E-state index in [1.54, 1.807) is 38.3 Å². The first-order chi connectivity index (χ1) is 14.9. The van der Waals surface area contributed by atoms with Crippen molar-refractivity contribution >= 4 is 28.8 Å². The molecule has 0 spiro atoms. The highest BCUT2D eigenvalue weighted by atomic mass is 32.1. The largest absolute Gasteiger partial charge is 0.383 e. The van der Waals surface area contributed by atoms with E-state index in [1.165, 1.54) is 40.5 Å². The van der Waals surface area contributed by atoms with Gasteiger partial charge in [-0.2, -0.15) is 0 Å². The summed E-state index contributed by atoms with van der Waals surface area (Å²) in [5.41, 5.74) is 1.63. The van der Waals surface area contributed by atoms with E-state index >= 15 is 0 Å². The van der Waals surface area contributed by atoms with Crippen molar-refractivity contribution in [3.63, 3.8) is 0 Å². The SMILES string of the molecule is COCCNC(=O)[C@H](c1ccccc1)N(C(=O)c1sc(C)nc1C)c1ccc(F)cc1. The molecule has 1 N–H and O–H groups in total. The summed E-state index contributed by atoms with van der Waals surface area (Å²) in [7, 11) is 1.55. The Labute approximate surface area is 184 Å². The average Bonchev–Trinajstić information content (AvgIpc) is 3.11. The molecule has 1 aromatic heterocycles. The molecule has 0 saturated heterocycles. The van der Waals surface area contributed by atoms with Gasteiger partial charge in [0, 0.05) is 19.3 Å². The van der Waals surface area contributed by atoms with Gasteiger partial charge in [-0.3, -0.25) is 14.5 Å². The van der Waals surface area contributed by atoms with Crippen molar-refractivity contribution in [2.24, 2.45) is 0 Å². The fourth-order valence-corrected chi connectivity index (χ4v) is 4.11. The lowest BCUT2D eigenvalue weighted by atomic mass is 10.0. The van der Waals surface area contributed by atoms with Crippen LogP contribution in [0.5, 0.6) is 0 Å². The highest BCUT2D eigenvalue weighted by molar-refractivity contribution is 7.13. The van der Waals surface area contributed by atoms with Gasteiger partial charge >= 0.3 is 0 Å². The van der Waals surface area contributed by atoms with Gasteiger partial charge in [0.05, 0.1) is 17.3 Å². The molecule has 0 fully saturated rings. The summed E-state index contributed by atoms with van der Waals surface area (Å²) in [5.74, 6) is -1.16. The number of halogens is 1. The number of methoxy groups -OCH3 is 1. The number of nitrogens with zero attached hydrogens (tertiary/aromatic N) is 2. The molecule has 2 aromatic carbocycles. The number of thiazole rings is 1. The monoisotopic (exact) mass is 441 g/mol. The van der Waals surface area contributed by atoms with Crippen LogP contribution in [-0.4, -0.2) is 37.1 Å². The first-order valence-electron chi connectivity index (χ1n) is 9.77. The zero-order valence-electron chi connectivity index (χ0n) is 17.6. The van der Waals surface area contributed by atoms with E-state index in [2.05, 4.69) is 10.3 Å². The van der Waals surface area contributed by atoms with Gasteiger partial charge in [0.15, 0.2) is 0 Å². The fraction of sp³-hybridized carbons (Fsp3) is 0.261. The first-order valence-corrected chi connectivity index (χ1v) is 10.6. The molecule has 1 heterocycles. The summed E-state index contributed by atoms with van der Waals surface area (Å²) in [6.45, 7) is 4.21. The molecular weight excluding hydrogens is 417 g/mol. The van der Waals surface area contributed by atoms with Crippen LogP contribution in [0.3, 0.4) is 0 Å². The number of aromatic nitrogens is 1. The Morgan fingerprint density at radius 3 is 2.39 bits per heavy atom. The Kier molecular flexibility index (Phi) is 7.49. The lowest BCUT2D eigenvalue weighted by Gasteiger charge is -2.31. The van der Waals surface area contributed by atoms with Crippen molar-refractivity contribution in [2.75, 3.05) is 25.2 Å². The number of aryl methyl sites for hydroxylation is 2. The van der Waals surface area contributed by atoms with Crippen molar-refractivity contribution in [1.82, 2.24) is 10.3 Å². The number of hydrogen-bond acceptors (Lipinski definition) is 5. The van der Waals surface area contributed by atoms with Gasteiger partial charge in [-0.25, -0.2) is 9.37 Å². The first kappa shape index (κ1) is 22.6. The predicted molar refractivity (Wildman–Crippen MR) is 119 cm³/mol. The van der Waals surface area contributed by atoms with E-state index in [4.69, 9.17) is 4.74 Å². The van der Waals surface area contributed by atoms with Crippen LogP contribution in [0.25, 0.3) is 0 Å². The Morgan fingerprint density at radius 1 is 1.13 bits per heavy atom. The average molecular weight is 442 g/mol. The number of rotatable bonds is 8. The molecule has 1 atom stereocenters. The summed E-state index contributed by atoms with van der Waals surface area (Å²) >= 11 is 1.27. The molecule has 6 nitrogen and oxygen atoms in total. The maximum atomic E-state index is 13.7. The molecule has 3 rings (SSSR count). The molecule has 0 aliphatic carbocycles. The van der Waals surface area contributed by atoms with Crippen LogP contribution in [0, 0.1) is 19.7 Å². The van der Waals surface area contributed by atoms with Crippen LogP contribution in [0.15, 0.2) is 54.6 Å². The van der Waals surface area contributed by atoms with Crippen LogP contribution in [-0.2, 0) is 9.53 Å². The molecule has 2 amide bonds. The maximum absolute atomic E-state index is 13.7. The lowest BCUT2D eigenvalue weighted by molar-refractivity contribution is -0.122. The quantitative estimate of drug-likeness (QED) is 0.536. The van der Waals surface area contributed by atoms with Crippen LogP contribution in [0.2, 0.25) is 0 Å². The fourth-order valence-electron chi connectivity index (χ4n) is 3.25. The molecule has 0 saturated carbocycles. The molecule has 162 valence electrons. The molecule has 8 heteroatoms. The van der Waals surface area contributed by atoms with Gasteiger partial charge in [0.2, 0.25) is 5.91 Å². The molecule has 0 radical (unpaired) electrons. The van der Waals surface area contributed by atoms with Gasteiger partial charge in [0.25, 0.3) is 5.91 Å². The number of carbonyl (C=O) groups is 2. The van der Waals surface area contributed by atoms with Gasteiger partial charge in [-0.05, 0) is 43.7 Å². The standard InChI is InChI=1S/C23H24FN3O3S/c1-15-21(31-16(2)26-15)23(29)27(19-11-9-18(24)10-12-19)20(17-7-5-4-6-8-17)22(28)25-13-14-30-3/h4-12,20H,13-14H2,1-3H3,(H,25,28)/t20-/m0/s1. The summed E-state index contributed by atoms with van der Waals surface area (Å²) in [4.78, 5) is 33.2. The molecule has 0 bridgehead atoms. The highest BCUT2D eigenvalue weighted by Crippen LogP contribution is 2.32. The van der Waals surface area contributed by atoms with Crippen LogP contribution >= 0.6 is 11.3 Å². The number of benzene rings is 2. The van der Waals surface area contributed by atoms with Crippen molar-refractivity contribution in [3.05, 3.63) is 81.6 Å². The van der Waals surface area contributed by atoms with Gasteiger partial charge < -0.3 is 10.1 Å². The molecule has 0 aliphatic heterocycles. The number of carbonyl (C=O) groups excluding carboxylic acids is 2. The number of nitrogens with one attached hydrogen (secondary N) is 1. The zero-order chi connectivity index (χ0) is 22.4. The minimum absolute atomic E-state index is 0.294. The molecule has 3 aromatic rings. The summed E-state index contributed by atoms with van der Waals surface area (Å²) in [6.07, 6.45) is 0. The van der Waals surface area contributed by atoms with Crippen molar-refractivity contribution in [2.45, 2.75) is 19.9 Å². The van der Waals surface area contributed by atoms with Crippen LogP contribution in [0.4, 0.5) is 10.1 Å². The van der Waals surface area contributed by atoms with E-state index in [0.717, 1.165) is 5.01 Å². The number of amides is 2. The number of anilines is 1. The minimum atomic E-state index is -0.960. The third-order valence-corrected chi connectivity index (χ3v) is 5.71. The smallest absolute Gasteiger partial charge is 0.271 e.